The molecule has 0 radical (unpaired) electrons. The number of phenols is 1. The number of carbonyl (C=O) groups excluding carboxylic acids is 1. The Morgan fingerprint density at radius 1 is 0.963 bits per heavy atom. The van der Waals surface area contributed by atoms with Gasteiger partial charge >= 0.3 is 5.97 Å². The number of benzene rings is 2. The van der Waals surface area contributed by atoms with E-state index in [4.69, 9.17) is 16.6 Å². The molecule has 2 atom stereocenters. The van der Waals surface area contributed by atoms with Gasteiger partial charge < -0.3 is 21.7 Å². The van der Waals surface area contributed by atoms with Gasteiger partial charge in [0.25, 0.3) is 0 Å². The fraction of sp³-hybridized carbons (Fsp3) is 0.200. The van der Waals surface area contributed by atoms with Crippen molar-refractivity contribution in [1.82, 2.24) is 4.57 Å². The molecule has 0 aliphatic heterocycles. The van der Waals surface area contributed by atoms with E-state index in [1.165, 1.54) is 4.57 Å². The summed E-state index contributed by atoms with van der Waals surface area (Å²) in [5, 5.41) is 19.2. The number of aliphatic carboxylic acids is 1. The van der Waals surface area contributed by atoms with E-state index >= 15 is 0 Å². The lowest BCUT2D eigenvalue weighted by Gasteiger charge is -2.12. The van der Waals surface area contributed by atoms with Crippen LogP contribution in [-0.4, -0.2) is 38.7 Å². The van der Waals surface area contributed by atoms with E-state index in [2.05, 4.69) is 0 Å². The first-order valence-electron chi connectivity index (χ1n) is 8.52. The summed E-state index contributed by atoms with van der Waals surface area (Å²) in [5.74, 6) is -1.24. The number of para-hydroxylation sites is 1. The minimum atomic E-state index is -1.10. The van der Waals surface area contributed by atoms with Crippen LogP contribution in [0.4, 0.5) is 0 Å². The molecule has 0 saturated carbocycles. The van der Waals surface area contributed by atoms with E-state index in [9.17, 15) is 14.7 Å². The average molecular weight is 367 g/mol. The number of carboxylic acid groups (broad SMARTS) is 1. The van der Waals surface area contributed by atoms with Gasteiger partial charge in [0.2, 0.25) is 5.91 Å². The number of carbonyl (C=O) groups is 2. The molecule has 27 heavy (non-hydrogen) atoms. The maximum atomic E-state index is 12.9. The number of nitrogens with two attached hydrogens (primary N) is 2. The SMILES string of the molecule is N[C@@H](Cc1cn(C(=O)[C@@H](N)Cc2ccc(O)cc2)c2ccccc12)C(=O)O. The Kier molecular flexibility index (Phi) is 5.25. The first-order chi connectivity index (χ1) is 12.9. The summed E-state index contributed by atoms with van der Waals surface area (Å²) in [6.07, 6.45) is 2.05. The van der Waals surface area contributed by atoms with Gasteiger partial charge in [-0.3, -0.25) is 14.2 Å². The van der Waals surface area contributed by atoms with Gasteiger partial charge in [-0.2, -0.15) is 0 Å². The summed E-state index contributed by atoms with van der Waals surface area (Å²) in [7, 11) is 0. The van der Waals surface area contributed by atoms with Crippen molar-refractivity contribution in [1.29, 1.82) is 0 Å². The second kappa shape index (κ2) is 7.61. The minimum Gasteiger partial charge on any atom is -0.508 e. The maximum Gasteiger partial charge on any atom is 0.320 e. The standard InChI is InChI=1S/C20H21N3O4/c21-16(9-12-5-7-14(24)8-6-12)19(25)23-11-13(10-17(22)20(26)27)15-3-1-2-4-18(15)23/h1-8,11,16-17,24H,9-10,21-22H2,(H,26,27)/t16-,17-/m0/s1. The summed E-state index contributed by atoms with van der Waals surface area (Å²) in [5.41, 5.74) is 14.0. The van der Waals surface area contributed by atoms with Crippen LogP contribution in [0.15, 0.2) is 54.7 Å². The lowest BCUT2D eigenvalue weighted by molar-refractivity contribution is -0.138. The molecule has 0 saturated heterocycles. The molecule has 7 nitrogen and oxygen atoms in total. The van der Waals surface area contributed by atoms with Gasteiger partial charge in [0.1, 0.15) is 11.8 Å². The van der Waals surface area contributed by atoms with Crippen LogP contribution in [-0.2, 0) is 17.6 Å². The van der Waals surface area contributed by atoms with Crippen molar-refractivity contribution < 1.29 is 19.8 Å². The largest absolute Gasteiger partial charge is 0.508 e. The van der Waals surface area contributed by atoms with E-state index in [1.807, 2.05) is 12.1 Å². The molecule has 0 bridgehead atoms. The Hall–Kier alpha value is -3.16. The van der Waals surface area contributed by atoms with Crippen LogP contribution in [0.5, 0.6) is 5.75 Å². The Bertz CT molecular complexity index is 979. The van der Waals surface area contributed by atoms with E-state index in [0.29, 0.717) is 17.5 Å². The van der Waals surface area contributed by atoms with E-state index in [-0.39, 0.29) is 18.1 Å². The van der Waals surface area contributed by atoms with Crippen molar-refractivity contribution in [3.63, 3.8) is 0 Å². The predicted molar refractivity (Wildman–Crippen MR) is 102 cm³/mol. The number of hydrogen-bond acceptors (Lipinski definition) is 5. The number of carboxylic acids is 1. The van der Waals surface area contributed by atoms with Gasteiger partial charge in [-0.15, -0.1) is 0 Å². The average Bonchev–Trinajstić information content (AvgIpc) is 3.01. The quantitative estimate of drug-likeness (QED) is 0.522. The van der Waals surface area contributed by atoms with Gasteiger partial charge in [0.15, 0.2) is 0 Å². The third-order valence-electron chi connectivity index (χ3n) is 4.50. The molecule has 0 fully saturated rings. The van der Waals surface area contributed by atoms with Crippen LogP contribution in [0.2, 0.25) is 0 Å². The van der Waals surface area contributed by atoms with Crippen LogP contribution in [0.1, 0.15) is 15.9 Å². The third-order valence-corrected chi connectivity index (χ3v) is 4.50. The van der Waals surface area contributed by atoms with Crippen LogP contribution in [0, 0.1) is 0 Å². The first kappa shape index (κ1) is 18.6. The van der Waals surface area contributed by atoms with Crippen molar-refractivity contribution in [3.8, 4) is 5.75 Å². The molecule has 0 aliphatic rings. The zero-order valence-corrected chi connectivity index (χ0v) is 14.6. The van der Waals surface area contributed by atoms with Crippen molar-refractivity contribution >= 4 is 22.8 Å². The van der Waals surface area contributed by atoms with Crippen LogP contribution in [0.3, 0.4) is 0 Å². The Balaban J connectivity index is 1.89. The monoisotopic (exact) mass is 367 g/mol. The van der Waals surface area contributed by atoms with E-state index < -0.39 is 18.1 Å². The number of hydrogen-bond donors (Lipinski definition) is 4. The third kappa shape index (κ3) is 3.99. The molecule has 3 rings (SSSR count). The summed E-state index contributed by atoms with van der Waals surface area (Å²) >= 11 is 0. The van der Waals surface area contributed by atoms with Crippen LogP contribution >= 0.6 is 0 Å². The molecule has 1 heterocycles. The fourth-order valence-electron chi connectivity index (χ4n) is 3.07. The zero-order valence-electron chi connectivity index (χ0n) is 14.6. The van der Waals surface area contributed by atoms with Gasteiger partial charge in [-0.25, -0.2) is 0 Å². The minimum absolute atomic E-state index is 0.114. The molecule has 0 unspecified atom stereocenters. The molecule has 0 spiro atoms. The molecular weight excluding hydrogens is 346 g/mol. The van der Waals surface area contributed by atoms with Gasteiger partial charge in [0.05, 0.1) is 11.6 Å². The first-order valence-corrected chi connectivity index (χ1v) is 8.52. The fourth-order valence-corrected chi connectivity index (χ4v) is 3.07. The number of aromatic hydroxyl groups is 1. The van der Waals surface area contributed by atoms with Gasteiger partial charge in [-0.05, 0) is 35.7 Å². The van der Waals surface area contributed by atoms with Crippen molar-refractivity contribution in [3.05, 3.63) is 65.9 Å². The molecule has 7 heteroatoms. The molecule has 1 aromatic heterocycles. The van der Waals surface area contributed by atoms with Gasteiger partial charge in [-0.1, -0.05) is 30.3 Å². The molecular formula is C20H21N3O4. The van der Waals surface area contributed by atoms with Gasteiger partial charge in [0, 0.05) is 18.0 Å². The number of aromatic nitrogens is 1. The Morgan fingerprint density at radius 3 is 2.30 bits per heavy atom. The molecule has 6 N–H and O–H groups in total. The maximum absolute atomic E-state index is 12.9. The number of fused-ring (bicyclic) bond motifs is 1. The number of rotatable bonds is 6. The summed E-state index contributed by atoms with van der Waals surface area (Å²) in [6, 6.07) is 11.9. The molecule has 2 aromatic carbocycles. The summed E-state index contributed by atoms with van der Waals surface area (Å²) in [4.78, 5) is 24.0. The highest BCUT2D eigenvalue weighted by atomic mass is 16.4. The lowest BCUT2D eigenvalue weighted by atomic mass is 10.1. The normalized spacial score (nSPS) is 13.4. The summed E-state index contributed by atoms with van der Waals surface area (Å²) in [6.45, 7) is 0. The van der Waals surface area contributed by atoms with E-state index in [1.54, 1.807) is 42.6 Å². The van der Waals surface area contributed by atoms with E-state index in [0.717, 1.165) is 10.9 Å². The predicted octanol–water partition coefficient (Wildman–Crippen LogP) is 1.51. The molecule has 3 aromatic rings. The highest BCUT2D eigenvalue weighted by molar-refractivity contribution is 5.97. The molecule has 0 amide bonds. The number of phenolic OH excluding ortho intramolecular Hbond substituents is 1. The topological polar surface area (TPSA) is 132 Å². The second-order valence-electron chi connectivity index (χ2n) is 6.51. The van der Waals surface area contributed by atoms with Crippen molar-refractivity contribution in [2.24, 2.45) is 11.5 Å². The highest BCUT2D eigenvalue weighted by Gasteiger charge is 2.22. The zero-order chi connectivity index (χ0) is 19.6. The molecule has 0 aliphatic carbocycles. The Labute approximate surface area is 155 Å². The smallest absolute Gasteiger partial charge is 0.320 e. The summed E-state index contributed by atoms with van der Waals surface area (Å²) < 4.78 is 1.46. The highest BCUT2D eigenvalue weighted by Crippen LogP contribution is 2.23. The number of nitrogens with zero attached hydrogens (tertiary/aromatic N) is 1. The lowest BCUT2D eigenvalue weighted by Crippen LogP contribution is -2.36. The van der Waals surface area contributed by atoms with Crippen molar-refractivity contribution in [2.45, 2.75) is 24.9 Å². The van der Waals surface area contributed by atoms with Crippen LogP contribution in [0.25, 0.3) is 10.9 Å². The second-order valence-corrected chi connectivity index (χ2v) is 6.51. The van der Waals surface area contributed by atoms with Crippen LogP contribution < -0.4 is 11.5 Å². The van der Waals surface area contributed by atoms with Crippen molar-refractivity contribution in [2.75, 3.05) is 0 Å². The molecule has 140 valence electrons. The Morgan fingerprint density at radius 2 is 1.63 bits per heavy atom.